The van der Waals surface area contributed by atoms with E-state index in [1.807, 2.05) is 54.3 Å². The second-order valence-corrected chi connectivity index (χ2v) is 13.2. The SMILES string of the molecule is CC(NC(=O)N(CCCN1CCOCC1)Cc1ccc(S(=O)(=O)NCc2ccc(CN)cc2)cc1)c1cccc2ccccc12. The fourth-order valence-electron chi connectivity index (χ4n) is 5.59. The van der Waals surface area contributed by atoms with E-state index < -0.39 is 10.0 Å². The van der Waals surface area contributed by atoms with Gasteiger partial charge in [-0.3, -0.25) is 4.90 Å². The molecule has 9 nitrogen and oxygen atoms in total. The number of hydrogen-bond acceptors (Lipinski definition) is 6. The van der Waals surface area contributed by atoms with E-state index in [0.29, 0.717) is 19.6 Å². The van der Waals surface area contributed by atoms with E-state index in [0.717, 1.165) is 72.3 Å². The zero-order valence-corrected chi connectivity index (χ0v) is 26.6. The van der Waals surface area contributed by atoms with Crippen molar-refractivity contribution in [3.8, 4) is 0 Å². The van der Waals surface area contributed by atoms with Crippen molar-refractivity contribution in [3.63, 3.8) is 0 Å². The standard InChI is InChI=1S/C35H43N5O4S/c1-27(33-9-4-7-31-6-2-3-8-34(31)33)38-35(41)40(19-5-18-39-20-22-44-23-21-39)26-30-14-16-32(17-15-30)45(42,43)37-25-29-12-10-28(24-36)11-13-29/h2-4,6-17,27,37H,5,18-26,36H2,1H3,(H,38,41). The summed E-state index contributed by atoms with van der Waals surface area (Å²) in [6.07, 6.45) is 0.818. The highest BCUT2D eigenvalue weighted by Gasteiger charge is 2.20. The van der Waals surface area contributed by atoms with Crippen LogP contribution in [0.4, 0.5) is 4.79 Å². The molecule has 0 saturated carbocycles. The molecule has 0 aromatic heterocycles. The minimum Gasteiger partial charge on any atom is -0.379 e. The molecule has 1 unspecified atom stereocenters. The molecule has 5 rings (SSSR count). The first-order valence-corrected chi connectivity index (χ1v) is 17.0. The molecule has 4 aromatic carbocycles. The molecule has 1 heterocycles. The highest BCUT2D eigenvalue weighted by Crippen LogP contribution is 2.24. The van der Waals surface area contributed by atoms with Gasteiger partial charge in [0, 0.05) is 45.8 Å². The number of benzene rings is 4. The zero-order valence-electron chi connectivity index (χ0n) is 25.8. The number of rotatable bonds is 13. The molecule has 1 aliphatic rings. The number of amides is 2. The summed E-state index contributed by atoms with van der Waals surface area (Å²) in [5, 5.41) is 5.46. The number of carbonyl (C=O) groups excluding carboxylic acids is 1. The molecule has 4 aromatic rings. The van der Waals surface area contributed by atoms with Gasteiger partial charge in [0.15, 0.2) is 0 Å². The lowest BCUT2D eigenvalue weighted by Crippen LogP contribution is -2.43. The number of nitrogens with one attached hydrogen (secondary N) is 2. The topological polar surface area (TPSA) is 117 Å². The predicted molar refractivity (Wildman–Crippen MR) is 178 cm³/mol. The number of urea groups is 1. The number of morpholine rings is 1. The second-order valence-electron chi connectivity index (χ2n) is 11.5. The van der Waals surface area contributed by atoms with E-state index in [1.165, 1.54) is 0 Å². The summed E-state index contributed by atoms with van der Waals surface area (Å²) >= 11 is 0. The van der Waals surface area contributed by atoms with E-state index in [1.54, 1.807) is 24.3 Å². The van der Waals surface area contributed by atoms with Gasteiger partial charge in [-0.2, -0.15) is 0 Å². The normalized spacial score (nSPS) is 14.7. The summed E-state index contributed by atoms with van der Waals surface area (Å²) in [5.41, 5.74) is 9.41. The molecule has 1 aliphatic heterocycles. The molecular formula is C35H43N5O4S. The Bertz CT molecular complexity index is 1650. The van der Waals surface area contributed by atoms with Crippen LogP contribution in [-0.2, 0) is 34.4 Å². The molecule has 0 spiro atoms. The molecule has 238 valence electrons. The lowest BCUT2D eigenvalue weighted by atomic mass is 10.00. The first kappa shape index (κ1) is 32.6. The van der Waals surface area contributed by atoms with Crippen molar-refractivity contribution in [2.75, 3.05) is 39.4 Å². The lowest BCUT2D eigenvalue weighted by molar-refractivity contribution is 0.0364. The first-order valence-electron chi connectivity index (χ1n) is 15.5. The molecule has 1 atom stereocenters. The molecule has 2 amide bonds. The van der Waals surface area contributed by atoms with Gasteiger partial charge in [0.25, 0.3) is 0 Å². The highest BCUT2D eigenvalue weighted by atomic mass is 32.2. The Labute approximate surface area is 266 Å². The lowest BCUT2D eigenvalue weighted by Gasteiger charge is -2.29. The van der Waals surface area contributed by atoms with Gasteiger partial charge in [0.1, 0.15) is 0 Å². The minimum absolute atomic E-state index is 0.156. The van der Waals surface area contributed by atoms with Crippen molar-refractivity contribution in [1.29, 1.82) is 0 Å². The maximum atomic E-state index is 13.7. The minimum atomic E-state index is -3.71. The van der Waals surface area contributed by atoms with Gasteiger partial charge >= 0.3 is 6.03 Å². The monoisotopic (exact) mass is 629 g/mol. The fraction of sp³-hybridized carbons (Fsp3) is 0.343. The van der Waals surface area contributed by atoms with E-state index in [9.17, 15) is 13.2 Å². The van der Waals surface area contributed by atoms with Crippen molar-refractivity contribution < 1.29 is 17.9 Å². The Morgan fingerprint density at radius 1 is 0.911 bits per heavy atom. The number of fused-ring (bicyclic) bond motifs is 1. The average molecular weight is 630 g/mol. The number of nitrogens with zero attached hydrogens (tertiary/aromatic N) is 2. The van der Waals surface area contributed by atoms with Gasteiger partial charge in [-0.05, 0) is 58.5 Å². The van der Waals surface area contributed by atoms with Crippen LogP contribution in [0.1, 0.15) is 41.6 Å². The van der Waals surface area contributed by atoms with Crippen molar-refractivity contribution in [2.45, 2.75) is 43.9 Å². The van der Waals surface area contributed by atoms with Crippen molar-refractivity contribution in [3.05, 3.63) is 113 Å². The maximum absolute atomic E-state index is 13.7. The van der Waals surface area contributed by atoms with Gasteiger partial charge in [-0.1, -0.05) is 78.9 Å². The molecule has 4 N–H and O–H groups in total. The van der Waals surface area contributed by atoms with E-state index in [2.05, 4.69) is 39.2 Å². The zero-order chi connectivity index (χ0) is 31.6. The third-order valence-electron chi connectivity index (χ3n) is 8.26. The van der Waals surface area contributed by atoms with Gasteiger partial charge in [0.05, 0.1) is 24.2 Å². The largest absolute Gasteiger partial charge is 0.379 e. The molecular weight excluding hydrogens is 586 g/mol. The van der Waals surface area contributed by atoms with Crippen LogP contribution in [0.5, 0.6) is 0 Å². The van der Waals surface area contributed by atoms with Gasteiger partial charge in [-0.25, -0.2) is 17.9 Å². The maximum Gasteiger partial charge on any atom is 0.318 e. The summed E-state index contributed by atoms with van der Waals surface area (Å²) in [5.74, 6) is 0. The molecule has 10 heteroatoms. The Hall–Kier alpha value is -3.80. The highest BCUT2D eigenvalue weighted by molar-refractivity contribution is 7.89. The van der Waals surface area contributed by atoms with Crippen molar-refractivity contribution in [2.24, 2.45) is 5.73 Å². The number of carbonyl (C=O) groups is 1. The van der Waals surface area contributed by atoms with E-state index in [-0.39, 0.29) is 23.5 Å². The molecule has 0 bridgehead atoms. The van der Waals surface area contributed by atoms with Gasteiger partial charge in [0.2, 0.25) is 10.0 Å². The Morgan fingerprint density at radius 2 is 1.58 bits per heavy atom. The van der Waals surface area contributed by atoms with Crippen LogP contribution in [-0.4, -0.2) is 63.6 Å². The molecule has 45 heavy (non-hydrogen) atoms. The Kier molecular flexibility index (Phi) is 11.2. The van der Waals surface area contributed by atoms with Crippen LogP contribution < -0.4 is 15.8 Å². The quantitative estimate of drug-likeness (QED) is 0.196. The van der Waals surface area contributed by atoms with Crippen LogP contribution in [0, 0.1) is 0 Å². The molecule has 0 radical (unpaired) electrons. The fourth-order valence-corrected chi connectivity index (χ4v) is 6.61. The number of nitrogens with two attached hydrogens (primary N) is 1. The predicted octanol–water partition coefficient (Wildman–Crippen LogP) is 4.77. The van der Waals surface area contributed by atoms with Gasteiger partial charge < -0.3 is 20.7 Å². The summed E-state index contributed by atoms with van der Waals surface area (Å²) in [7, 11) is -3.71. The van der Waals surface area contributed by atoms with Crippen LogP contribution in [0.25, 0.3) is 10.8 Å². The van der Waals surface area contributed by atoms with Crippen LogP contribution in [0.2, 0.25) is 0 Å². The molecule has 1 fully saturated rings. The van der Waals surface area contributed by atoms with Crippen molar-refractivity contribution >= 4 is 26.8 Å². The Balaban J connectivity index is 1.25. The van der Waals surface area contributed by atoms with Crippen LogP contribution in [0.15, 0.2) is 95.9 Å². The van der Waals surface area contributed by atoms with Crippen LogP contribution in [0.3, 0.4) is 0 Å². The second kappa shape index (κ2) is 15.5. The number of hydrogen-bond donors (Lipinski definition) is 3. The summed E-state index contributed by atoms with van der Waals surface area (Å²) < 4.78 is 34.1. The molecule has 0 aliphatic carbocycles. The number of ether oxygens (including phenoxy) is 1. The van der Waals surface area contributed by atoms with Crippen LogP contribution >= 0.6 is 0 Å². The summed E-state index contributed by atoms with van der Waals surface area (Å²) in [6.45, 7) is 7.69. The van der Waals surface area contributed by atoms with E-state index >= 15 is 0 Å². The van der Waals surface area contributed by atoms with Crippen molar-refractivity contribution in [1.82, 2.24) is 19.8 Å². The smallest absolute Gasteiger partial charge is 0.318 e. The van der Waals surface area contributed by atoms with E-state index in [4.69, 9.17) is 10.5 Å². The average Bonchev–Trinajstić information content (AvgIpc) is 3.07. The van der Waals surface area contributed by atoms with Gasteiger partial charge in [-0.15, -0.1) is 0 Å². The summed E-state index contributed by atoms with van der Waals surface area (Å²) in [4.78, 5) is 18.1. The third-order valence-corrected chi connectivity index (χ3v) is 9.67. The number of sulfonamides is 1. The Morgan fingerprint density at radius 3 is 2.31 bits per heavy atom. The third kappa shape index (κ3) is 8.90. The first-order chi connectivity index (χ1) is 21.8. The molecule has 1 saturated heterocycles. The summed E-state index contributed by atoms with van der Waals surface area (Å²) in [6, 6.07) is 28.2.